The summed E-state index contributed by atoms with van der Waals surface area (Å²) in [6.45, 7) is 2.77. The van der Waals surface area contributed by atoms with Crippen molar-refractivity contribution in [1.82, 2.24) is 20.3 Å². The third-order valence-electron chi connectivity index (χ3n) is 2.18. The lowest BCUT2D eigenvalue weighted by atomic mass is 10.2. The highest BCUT2D eigenvalue weighted by Crippen LogP contribution is 1.96. The third kappa shape index (κ3) is 3.28. The molecule has 0 aliphatic rings. The van der Waals surface area contributed by atoms with E-state index in [0.29, 0.717) is 19.5 Å². The Labute approximate surface area is 93.6 Å². The highest BCUT2D eigenvalue weighted by molar-refractivity contribution is 5.92. The first kappa shape index (κ1) is 12.6. The minimum Gasteiger partial charge on any atom is -0.394 e. The zero-order chi connectivity index (χ0) is 12.0. The maximum absolute atomic E-state index is 11.6. The molecule has 0 radical (unpaired) electrons. The minimum absolute atomic E-state index is 0.0841. The van der Waals surface area contributed by atoms with Crippen LogP contribution in [0.3, 0.4) is 0 Å². The molecule has 1 rings (SSSR count). The summed E-state index contributed by atoms with van der Waals surface area (Å²) in [5.74, 6) is -0.329. The minimum atomic E-state index is -0.329. The molecular weight excluding hydrogens is 210 g/mol. The summed E-state index contributed by atoms with van der Waals surface area (Å²) in [4.78, 5) is 11.6. The molecule has 0 saturated carbocycles. The Hall–Kier alpha value is -1.47. The van der Waals surface area contributed by atoms with Gasteiger partial charge in [0.2, 0.25) is 0 Å². The second kappa shape index (κ2) is 6.19. The van der Waals surface area contributed by atoms with E-state index < -0.39 is 0 Å². The van der Waals surface area contributed by atoms with Gasteiger partial charge in [-0.05, 0) is 6.42 Å². The molecule has 7 nitrogen and oxygen atoms in total. The maximum atomic E-state index is 11.6. The average molecular weight is 227 g/mol. The van der Waals surface area contributed by atoms with Gasteiger partial charge in [-0.2, -0.15) is 0 Å². The van der Waals surface area contributed by atoms with Crippen molar-refractivity contribution in [1.29, 1.82) is 0 Å². The van der Waals surface area contributed by atoms with Crippen molar-refractivity contribution in [2.45, 2.75) is 25.9 Å². The summed E-state index contributed by atoms with van der Waals surface area (Å²) in [5, 5.41) is 19.1. The van der Waals surface area contributed by atoms with Crippen LogP contribution >= 0.6 is 0 Å². The first-order valence-electron chi connectivity index (χ1n) is 5.23. The molecular formula is C9H17N5O2. The number of nitrogens with two attached hydrogens (primary N) is 1. The van der Waals surface area contributed by atoms with Crippen molar-refractivity contribution in [3.05, 3.63) is 11.9 Å². The summed E-state index contributed by atoms with van der Waals surface area (Å²) in [6, 6.07) is -0.243. The Morgan fingerprint density at radius 2 is 2.50 bits per heavy atom. The second-order valence-corrected chi connectivity index (χ2v) is 3.42. The van der Waals surface area contributed by atoms with Gasteiger partial charge >= 0.3 is 0 Å². The van der Waals surface area contributed by atoms with Gasteiger partial charge in [-0.1, -0.05) is 12.1 Å². The van der Waals surface area contributed by atoms with E-state index in [1.807, 2.05) is 6.92 Å². The molecule has 0 bridgehead atoms. The third-order valence-corrected chi connectivity index (χ3v) is 2.18. The van der Waals surface area contributed by atoms with E-state index in [1.165, 1.54) is 10.9 Å². The molecule has 7 heteroatoms. The molecule has 1 aromatic rings. The molecule has 1 aromatic heterocycles. The molecule has 16 heavy (non-hydrogen) atoms. The van der Waals surface area contributed by atoms with Gasteiger partial charge in [0.15, 0.2) is 5.69 Å². The molecule has 0 aromatic carbocycles. The van der Waals surface area contributed by atoms with E-state index in [0.717, 1.165) is 0 Å². The lowest BCUT2D eigenvalue weighted by Crippen LogP contribution is -2.37. The quantitative estimate of drug-likeness (QED) is 0.562. The van der Waals surface area contributed by atoms with Crippen LogP contribution in [0.25, 0.3) is 0 Å². The zero-order valence-electron chi connectivity index (χ0n) is 9.26. The van der Waals surface area contributed by atoms with Gasteiger partial charge in [-0.3, -0.25) is 9.48 Å². The van der Waals surface area contributed by atoms with E-state index in [9.17, 15) is 4.79 Å². The van der Waals surface area contributed by atoms with Crippen molar-refractivity contribution in [3.63, 3.8) is 0 Å². The molecule has 1 heterocycles. The van der Waals surface area contributed by atoms with Gasteiger partial charge in [0, 0.05) is 6.54 Å². The first-order valence-corrected chi connectivity index (χ1v) is 5.23. The fourth-order valence-electron chi connectivity index (χ4n) is 1.18. The van der Waals surface area contributed by atoms with Crippen LogP contribution in [-0.4, -0.2) is 45.2 Å². The average Bonchev–Trinajstić information content (AvgIpc) is 2.74. The Bertz CT molecular complexity index is 334. The predicted molar refractivity (Wildman–Crippen MR) is 57.7 cm³/mol. The summed E-state index contributed by atoms with van der Waals surface area (Å²) in [5.41, 5.74) is 5.58. The monoisotopic (exact) mass is 227 g/mol. The first-order chi connectivity index (χ1) is 7.71. The molecule has 0 spiro atoms. The van der Waals surface area contributed by atoms with E-state index in [1.54, 1.807) is 0 Å². The second-order valence-electron chi connectivity index (χ2n) is 3.42. The number of aliphatic hydroxyl groups excluding tert-OH is 1. The number of carbonyl (C=O) groups excluding carboxylic acids is 1. The summed E-state index contributed by atoms with van der Waals surface area (Å²) < 4.78 is 1.51. The highest BCUT2D eigenvalue weighted by atomic mass is 16.3. The molecule has 1 amide bonds. The number of aromatic nitrogens is 3. The molecule has 1 atom stereocenters. The van der Waals surface area contributed by atoms with Gasteiger partial charge in [0.1, 0.15) is 0 Å². The molecule has 4 N–H and O–H groups in total. The predicted octanol–water partition coefficient (Wildman–Crippen LogP) is -1.26. The highest BCUT2D eigenvalue weighted by Gasteiger charge is 2.14. The summed E-state index contributed by atoms with van der Waals surface area (Å²) in [6.07, 6.45) is 2.20. The lowest BCUT2D eigenvalue weighted by molar-refractivity contribution is 0.0910. The zero-order valence-corrected chi connectivity index (χ0v) is 9.26. The fourth-order valence-corrected chi connectivity index (χ4v) is 1.18. The van der Waals surface area contributed by atoms with Crippen LogP contribution in [0.2, 0.25) is 0 Å². The Morgan fingerprint density at radius 3 is 3.06 bits per heavy atom. The van der Waals surface area contributed by atoms with Crippen molar-refractivity contribution in [3.8, 4) is 0 Å². The SMILES string of the molecule is CC[C@H](CO)NC(=O)c1cn(CCN)nn1. The number of rotatable bonds is 6. The largest absolute Gasteiger partial charge is 0.394 e. The van der Waals surface area contributed by atoms with Gasteiger partial charge in [-0.25, -0.2) is 0 Å². The number of hydrogen-bond donors (Lipinski definition) is 3. The molecule has 0 fully saturated rings. The number of nitrogens with one attached hydrogen (secondary N) is 1. The topological polar surface area (TPSA) is 106 Å². The van der Waals surface area contributed by atoms with Crippen LogP contribution in [-0.2, 0) is 6.54 Å². The number of nitrogens with zero attached hydrogens (tertiary/aromatic N) is 3. The van der Waals surface area contributed by atoms with Crippen molar-refractivity contribution in [2.24, 2.45) is 5.73 Å². The number of carbonyl (C=O) groups is 1. The van der Waals surface area contributed by atoms with Gasteiger partial charge in [0.25, 0.3) is 5.91 Å². The maximum Gasteiger partial charge on any atom is 0.273 e. The van der Waals surface area contributed by atoms with Crippen LogP contribution < -0.4 is 11.1 Å². The molecule has 0 unspecified atom stereocenters. The molecule has 90 valence electrons. The number of amides is 1. The fraction of sp³-hybridized carbons (Fsp3) is 0.667. The molecule has 0 aliphatic carbocycles. The summed E-state index contributed by atoms with van der Waals surface area (Å²) >= 11 is 0. The van der Waals surface area contributed by atoms with Crippen LogP contribution in [0.1, 0.15) is 23.8 Å². The van der Waals surface area contributed by atoms with Crippen LogP contribution in [0.5, 0.6) is 0 Å². The Balaban J connectivity index is 2.58. The molecule has 0 aliphatic heterocycles. The lowest BCUT2D eigenvalue weighted by Gasteiger charge is -2.12. The molecule has 0 saturated heterocycles. The van der Waals surface area contributed by atoms with Crippen LogP contribution in [0.15, 0.2) is 6.20 Å². The van der Waals surface area contributed by atoms with Crippen LogP contribution in [0.4, 0.5) is 0 Å². The van der Waals surface area contributed by atoms with E-state index >= 15 is 0 Å². The normalized spacial score (nSPS) is 12.4. The van der Waals surface area contributed by atoms with Crippen molar-refractivity contribution >= 4 is 5.91 Å². The van der Waals surface area contributed by atoms with E-state index in [-0.39, 0.29) is 24.2 Å². The summed E-state index contributed by atoms with van der Waals surface area (Å²) in [7, 11) is 0. The Kier molecular flexibility index (Phi) is 4.87. The van der Waals surface area contributed by atoms with Crippen molar-refractivity contribution in [2.75, 3.05) is 13.2 Å². The van der Waals surface area contributed by atoms with Gasteiger partial charge < -0.3 is 16.2 Å². The Morgan fingerprint density at radius 1 is 1.75 bits per heavy atom. The van der Waals surface area contributed by atoms with E-state index in [4.69, 9.17) is 10.8 Å². The van der Waals surface area contributed by atoms with E-state index in [2.05, 4.69) is 15.6 Å². The standard InChI is InChI=1S/C9H17N5O2/c1-2-7(6-15)11-9(16)8-5-14(4-3-10)13-12-8/h5,7,15H,2-4,6,10H2,1H3,(H,11,16)/t7-/m1/s1. The van der Waals surface area contributed by atoms with Gasteiger partial charge in [0.05, 0.1) is 25.4 Å². The van der Waals surface area contributed by atoms with Gasteiger partial charge in [-0.15, -0.1) is 5.10 Å². The van der Waals surface area contributed by atoms with Crippen LogP contribution in [0, 0.1) is 0 Å². The number of aliphatic hydroxyl groups is 1. The van der Waals surface area contributed by atoms with Crippen molar-refractivity contribution < 1.29 is 9.90 Å². The smallest absolute Gasteiger partial charge is 0.273 e. The number of hydrogen-bond acceptors (Lipinski definition) is 5.